The summed E-state index contributed by atoms with van der Waals surface area (Å²) in [5, 5.41) is -0.733. The van der Waals surface area contributed by atoms with Gasteiger partial charge in [0.25, 0.3) is 11.1 Å². The van der Waals surface area contributed by atoms with E-state index in [9.17, 15) is 22.8 Å². The third-order valence-corrected chi connectivity index (χ3v) is 6.39. The molecule has 0 aliphatic carbocycles. The lowest BCUT2D eigenvalue weighted by Gasteiger charge is -2.13. The molecular formula is C19H15ClN2O7S2. The van der Waals surface area contributed by atoms with Crippen LogP contribution in [0.4, 0.5) is 4.79 Å². The first-order valence-corrected chi connectivity index (χ1v) is 11.1. The molecule has 31 heavy (non-hydrogen) atoms. The van der Waals surface area contributed by atoms with E-state index in [1.54, 1.807) is 18.2 Å². The van der Waals surface area contributed by atoms with Crippen LogP contribution in [0, 0.1) is 0 Å². The van der Waals surface area contributed by atoms with Crippen LogP contribution in [0.1, 0.15) is 5.56 Å². The van der Waals surface area contributed by atoms with Gasteiger partial charge in [0.1, 0.15) is 11.4 Å². The summed E-state index contributed by atoms with van der Waals surface area (Å²) in [4.78, 5) is 36.0. The van der Waals surface area contributed by atoms with Crippen molar-refractivity contribution in [2.75, 3.05) is 13.7 Å². The van der Waals surface area contributed by atoms with Crippen molar-refractivity contribution in [3.8, 4) is 11.5 Å². The molecule has 3 rings (SSSR count). The maximum atomic E-state index is 12.5. The van der Waals surface area contributed by atoms with Crippen LogP contribution < -0.4 is 14.7 Å². The number of primary amides is 1. The van der Waals surface area contributed by atoms with Gasteiger partial charge in [-0.2, -0.15) is 8.42 Å². The number of amides is 3. The van der Waals surface area contributed by atoms with E-state index < -0.39 is 33.7 Å². The number of carbonyl (C=O) groups is 3. The van der Waals surface area contributed by atoms with Crippen LogP contribution in [0.5, 0.6) is 11.5 Å². The number of hydrogen-bond donors (Lipinski definition) is 1. The zero-order valence-electron chi connectivity index (χ0n) is 15.9. The Kier molecular flexibility index (Phi) is 6.58. The van der Waals surface area contributed by atoms with Crippen molar-refractivity contribution in [1.29, 1.82) is 0 Å². The molecule has 0 unspecified atom stereocenters. The van der Waals surface area contributed by atoms with Gasteiger partial charge in [0.15, 0.2) is 5.75 Å². The second kappa shape index (κ2) is 9.00. The zero-order chi connectivity index (χ0) is 22.8. The average Bonchev–Trinajstić information content (AvgIpc) is 2.97. The van der Waals surface area contributed by atoms with Gasteiger partial charge in [-0.15, -0.1) is 0 Å². The quantitative estimate of drug-likeness (QED) is 0.470. The predicted octanol–water partition coefficient (Wildman–Crippen LogP) is 2.64. The van der Waals surface area contributed by atoms with E-state index in [0.717, 1.165) is 4.90 Å². The minimum absolute atomic E-state index is 0.00498. The topological polar surface area (TPSA) is 133 Å². The minimum Gasteiger partial charge on any atom is -0.493 e. The lowest BCUT2D eigenvalue weighted by molar-refractivity contribution is -0.127. The summed E-state index contributed by atoms with van der Waals surface area (Å²) in [7, 11) is -2.88. The van der Waals surface area contributed by atoms with Gasteiger partial charge in [0.2, 0.25) is 11.7 Å². The maximum Gasteiger partial charge on any atom is 0.339 e. The molecule has 12 heteroatoms. The largest absolute Gasteiger partial charge is 0.493 e. The minimum atomic E-state index is -4.17. The normalized spacial score (nSPS) is 15.4. The smallest absolute Gasteiger partial charge is 0.339 e. The summed E-state index contributed by atoms with van der Waals surface area (Å²) in [5.41, 5.74) is 5.39. The molecule has 1 saturated heterocycles. The molecule has 1 aliphatic heterocycles. The molecule has 0 spiro atoms. The van der Waals surface area contributed by atoms with Crippen LogP contribution in [-0.4, -0.2) is 44.0 Å². The van der Waals surface area contributed by atoms with Crippen molar-refractivity contribution in [3.63, 3.8) is 0 Å². The van der Waals surface area contributed by atoms with Crippen LogP contribution in [-0.2, 0) is 19.7 Å². The molecule has 3 amide bonds. The van der Waals surface area contributed by atoms with Crippen LogP contribution >= 0.6 is 23.4 Å². The van der Waals surface area contributed by atoms with Gasteiger partial charge < -0.3 is 14.7 Å². The van der Waals surface area contributed by atoms with Crippen LogP contribution in [0.15, 0.2) is 52.3 Å². The lowest BCUT2D eigenvalue weighted by Crippen LogP contribution is -2.36. The molecule has 2 N–H and O–H groups in total. The van der Waals surface area contributed by atoms with E-state index in [4.69, 9.17) is 26.3 Å². The fourth-order valence-electron chi connectivity index (χ4n) is 2.59. The molecule has 0 aromatic heterocycles. The molecule has 0 atom stereocenters. The Morgan fingerprint density at radius 1 is 1.23 bits per heavy atom. The molecule has 2 aromatic carbocycles. The molecule has 1 aliphatic rings. The third kappa shape index (κ3) is 5.01. The third-order valence-electron chi connectivity index (χ3n) is 3.96. The fraction of sp³-hybridized carbons (Fsp3) is 0.105. The Hall–Kier alpha value is -3.02. The number of methoxy groups -OCH3 is 1. The van der Waals surface area contributed by atoms with E-state index in [1.807, 2.05) is 0 Å². The Morgan fingerprint density at radius 3 is 2.52 bits per heavy atom. The van der Waals surface area contributed by atoms with Gasteiger partial charge in [0, 0.05) is 0 Å². The fourth-order valence-corrected chi connectivity index (χ4v) is 4.71. The van der Waals surface area contributed by atoms with Crippen molar-refractivity contribution in [2.24, 2.45) is 5.73 Å². The molecule has 0 bridgehead atoms. The molecule has 162 valence electrons. The van der Waals surface area contributed by atoms with Crippen LogP contribution in [0.3, 0.4) is 0 Å². The molecule has 1 fully saturated rings. The van der Waals surface area contributed by atoms with E-state index in [2.05, 4.69) is 0 Å². The maximum absolute atomic E-state index is 12.5. The van der Waals surface area contributed by atoms with Gasteiger partial charge >= 0.3 is 10.1 Å². The number of nitrogens with zero attached hydrogens (tertiary/aromatic N) is 1. The standard InChI is InChI=1S/C19H15ClN2O7S2/c1-28-14-8-11(9-15-18(24)22(10-16(21)23)19(25)30-15)7-13(20)17(14)29-31(26,27)12-5-3-2-4-6-12/h2-9H,10H2,1H3,(H2,21,23)/b15-9-. The highest BCUT2D eigenvalue weighted by molar-refractivity contribution is 8.18. The molecule has 1 heterocycles. The highest BCUT2D eigenvalue weighted by atomic mass is 35.5. The van der Waals surface area contributed by atoms with Gasteiger partial charge in [-0.25, -0.2) is 0 Å². The number of thioether (sulfide) groups is 1. The van der Waals surface area contributed by atoms with E-state index in [0.29, 0.717) is 17.3 Å². The Bertz CT molecular complexity index is 1200. The number of nitrogens with two attached hydrogens (primary N) is 1. The van der Waals surface area contributed by atoms with Gasteiger partial charge in [0.05, 0.1) is 17.0 Å². The number of ether oxygens (including phenoxy) is 1. The molecule has 2 aromatic rings. The monoisotopic (exact) mass is 482 g/mol. The van der Waals surface area contributed by atoms with Gasteiger partial charge in [-0.3, -0.25) is 19.3 Å². The predicted molar refractivity (Wildman–Crippen MR) is 114 cm³/mol. The number of hydrogen-bond acceptors (Lipinski definition) is 8. The number of halogens is 1. The Morgan fingerprint density at radius 2 is 1.90 bits per heavy atom. The number of rotatable bonds is 7. The zero-order valence-corrected chi connectivity index (χ0v) is 18.3. The average molecular weight is 483 g/mol. The lowest BCUT2D eigenvalue weighted by atomic mass is 10.2. The van der Waals surface area contributed by atoms with Crippen molar-refractivity contribution in [2.45, 2.75) is 4.90 Å². The van der Waals surface area contributed by atoms with E-state index >= 15 is 0 Å². The second-order valence-electron chi connectivity index (χ2n) is 6.12. The first-order chi connectivity index (χ1) is 14.6. The first-order valence-electron chi connectivity index (χ1n) is 8.53. The SMILES string of the molecule is COc1cc(/C=C2\SC(=O)N(CC(N)=O)C2=O)cc(Cl)c1OS(=O)(=O)c1ccccc1. The van der Waals surface area contributed by atoms with E-state index in [1.165, 1.54) is 37.5 Å². The second-order valence-corrected chi connectivity index (χ2v) is 9.07. The van der Waals surface area contributed by atoms with Crippen molar-refractivity contribution in [1.82, 2.24) is 4.90 Å². The number of imide groups is 1. The molecule has 9 nitrogen and oxygen atoms in total. The Labute approximate surface area is 186 Å². The van der Waals surface area contributed by atoms with Crippen LogP contribution in [0.2, 0.25) is 5.02 Å². The van der Waals surface area contributed by atoms with E-state index in [-0.39, 0.29) is 26.3 Å². The Balaban J connectivity index is 1.93. The summed E-state index contributed by atoms with van der Waals surface area (Å²) < 4.78 is 35.4. The molecular weight excluding hydrogens is 468 g/mol. The van der Waals surface area contributed by atoms with Gasteiger partial charge in [-0.1, -0.05) is 29.8 Å². The van der Waals surface area contributed by atoms with Crippen LogP contribution in [0.25, 0.3) is 6.08 Å². The first kappa shape index (κ1) is 22.7. The summed E-state index contributed by atoms with van der Waals surface area (Å²) in [5.74, 6) is -1.74. The van der Waals surface area contributed by atoms with Crippen molar-refractivity contribution >= 4 is 56.6 Å². The highest BCUT2D eigenvalue weighted by Crippen LogP contribution is 2.40. The summed E-state index contributed by atoms with van der Waals surface area (Å²) in [6.07, 6.45) is 1.36. The number of carbonyl (C=O) groups excluding carboxylic acids is 3. The van der Waals surface area contributed by atoms with Crippen molar-refractivity contribution in [3.05, 3.63) is 58.0 Å². The number of benzene rings is 2. The van der Waals surface area contributed by atoms with Gasteiger partial charge in [-0.05, 0) is 47.7 Å². The van der Waals surface area contributed by atoms with Crippen molar-refractivity contribution < 1.29 is 31.7 Å². The molecule has 0 saturated carbocycles. The highest BCUT2D eigenvalue weighted by Gasteiger charge is 2.36. The summed E-state index contributed by atoms with van der Waals surface area (Å²) in [6, 6.07) is 10.2. The summed E-state index contributed by atoms with van der Waals surface area (Å²) in [6.45, 7) is -0.532. The molecule has 0 radical (unpaired) electrons. The summed E-state index contributed by atoms with van der Waals surface area (Å²) >= 11 is 6.86.